The molecule has 0 fully saturated rings. The number of benzene rings is 2. The first kappa shape index (κ1) is 12.6. The summed E-state index contributed by atoms with van der Waals surface area (Å²) in [4.78, 5) is 16.4. The van der Waals surface area contributed by atoms with Crippen LogP contribution in [0.1, 0.15) is 22.8 Å². The Kier molecular flexibility index (Phi) is 3.33. The maximum absolute atomic E-state index is 12.5. The molecule has 3 aromatic rings. The Bertz CT molecular complexity index is 745. The van der Waals surface area contributed by atoms with Gasteiger partial charge in [0.15, 0.2) is 5.78 Å². The van der Waals surface area contributed by atoms with Gasteiger partial charge >= 0.3 is 0 Å². The highest BCUT2D eigenvalue weighted by atomic mass is 16.1. The molecular formula is C17H16N2O. The SMILES string of the molecule is CCc1ccc(C(=O)Cn2ccnc2)c2ccccc12. The second kappa shape index (κ2) is 5.29. The van der Waals surface area contributed by atoms with E-state index in [1.54, 1.807) is 23.3 Å². The lowest BCUT2D eigenvalue weighted by molar-refractivity contribution is 0.0973. The van der Waals surface area contributed by atoms with Gasteiger partial charge in [0.25, 0.3) is 0 Å². The first-order valence-corrected chi connectivity index (χ1v) is 6.79. The molecule has 100 valence electrons. The molecule has 0 amide bonds. The summed E-state index contributed by atoms with van der Waals surface area (Å²) in [5.41, 5.74) is 2.06. The number of hydrogen-bond donors (Lipinski definition) is 0. The van der Waals surface area contributed by atoms with Crippen molar-refractivity contribution in [1.29, 1.82) is 0 Å². The van der Waals surface area contributed by atoms with Crippen LogP contribution in [0.5, 0.6) is 0 Å². The lowest BCUT2D eigenvalue weighted by Crippen LogP contribution is -2.09. The fourth-order valence-electron chi connectivity index (χ4n) is 2.54. The molecule has 0 aliphatic heterocycles. The van der Waals surface area contributed by atoms with Crippen LogP contribution in [0, 0.1) is 0 Å². The van der Waals surface area contributed by atoms with E-state index in [-0.39, 0.29) is 5.78 Å². The largest absolute Gasteiger partial charge is 0.330 e. The number of aromatic nitrogens is 2. The van der Waals surface area contributed by atoms with E-state index in [2.05, 4.69) is 24.0 Å². The zero-order valence-corrected chi connectivity index (χ0v) is 11.4. The molecule has 0 saturated carbocycles. The van der Waals surface area contributed by atoms with Crippen LogP contribution in [0.2, 0.25) is 0 Å². The predicted octanol–water partition coefficient (Wildman–Crippen LogP) is 3.48. The molecule has 0 aliphatic carbocycles. The third kappa shape index (κ3) is 2.23. The molecule has 0 spiro atoms. The zero-order chi connectivity index (χ0) is 13.9. The molecule has 3 heteroatoms. The number of aryl methyl sites for hydroxylation is 1. The topological polar surface area (TPSA) is 34.9 Å². The van der Waals surface area contributed by atoms with Gasteiger partial charge in [-0.25, -0.2) is 4.98 Å². The summed E-state index contributed by atoms with van der Waals surface area (Å²) in [6.07, 6.45) is 6.13. The first-order valence-electron chi connectivity index (χ1n) is 6.79. The van der Waals surface area contributed by atoms with Crippen LogP contribution in [0.15, 0.2) is 55.1 Å². The average Bonchev–Trinajstić information content (AvgIpc) is 2.99. The van der Waals surface area contributed by atoms with E-state index in [9.17, 15) is 4.79 Å². The van der Waals surface area contributed by atoms with Gasteiger partial charge in [0.1, 0.15) is 0 Å². The molecule has 0 N–H and O–H groups in total. The maximum Gasteiger partial charge on any atom is 0.183 e. The molecule has 1 aromatic heterocycles. The smallest absolute Gasteiger partial charge is 0.183 e. The van der Waals surface area contributed by atoms with Crippen LogP contribution in [0.25, 0.3) is 10.8 Å². The van der Waals surface area contributed by atoms with Crippen molar-refractivity contribution in [3.63, 3.8) is 0 Å². The summed E-state index contributed by atoms with van der Waals surface area (Å²) in [6.45, 7) is 2.46. The van der Waals surface area contributed by atoms with Crippen molar-refractivity contribution in [2.75, 3.05) is 0 Å². The lowest BCUT2D eigenvalue weighted by Gasteiger charge is -2.10. The first-order chi connectivity index (χ1) is 9.79. The van der Waals surface area contributed by atoms with Gasteiger partial charge in [-0.2, -0.15) is 0 Å². The predicted molar refractivity (Wildman–Crippen MR) is 79.9 cm³/mol. The molecule has 0 bridgehead atoms. The van der Waals surface area contributed by atoms with Gasteiger partial charge in [-0.3, -0.25) is 4.79 Å². The molecule has 0 atom stereocenters. The number of fused-ring (bicyclic) bond motifs is 1. The molecule has 20 heavy (non-hydrogen) atoms. The van der Waals surface area contributed by atoms with Crippen molar-refractivity contribution >= 4 is 16.6 Å². The Morgan fingerprint density at radius 1 is 1.15 bits per heavy atom. The highest BCUT2D eigenvalue weighted by Gasteiger charge is 2.12. The van der Waals surface area contributed by atoms with Gasteiger partial charge in [-0.05, 0) is 22.8 Å². The molecule has 2 aromatic carbocycles. The molecular weight excluding hydrogens is 248 g/mol. The summed E-state index contributed by atoms with van der Waals surface area (Å²) in [7, 11) is 0. The van der Waals surface area contributed by atoms with E-state index < -0.39 is 0 Å². The van der Waals surface area contributed by atoms with E-state index >= 15 is 0 Å². The summed E-state index contributed by atoms with van der Waals surface area (Å²) in [6, 6.07) is 12.1. The van der Waals surface area contributed by atoms with Crippen LogP contribution in [-0.4, -0.2) is 15.3 Å². The van der Waals surface area contributed by atoms with Crippen molar-refractivity contribution < 1.29 is 4.79 Å². The van der Waals surface area contributed by atoms with Crippen molar-refractivity contribution in [3.05, 3.63) is 66.2 Å². The van der Waals surface area contributed by atoms with Crippen molar-refractivity contribution in [3.8, 4) is 0 Å². The number of Topliss-reactive ketones (excluding diaryl/α,β-unsaturated/α-hetero) is 1. The number of imidazole rings is 1. The van der Waals surface area contributed by atoms with Crippen LogP contribution in [0.3, 0.4) is 0 Å². The summed E-state index contributed by atoms with van der Waals surface area (Å²) >= 11 is 0. The average molecular weight is 264 g/mol. The van der Waals surface area contributed by atoms with Gasteiger partial charge < -0.3 is 4.57 Å². The molecule has 0 saturated heterocycles. The summed E-state index contributed by atoms with van der Waals surface area (Å²) in [5.74, 6) is 0.113. The standard InChI is InChI=1S/C17H16N2O/c1-2-13-7-8-16(15-6-4-3-5-14(13)15)17(20)11-19-10-9-18-12-19/h3-10,12H,2,11H2,1H3. The van der Waals surface area contributed by atoms with Crippen molar-refractivity contribution in [2.45, 2.75) is 19.9 Å². The minimum absolute atomic E-state index is 0.113. The Balaban J connectivity index is 2.05. The van der Waals surface area contributed by atoms with E-state index in [0.717, 1.165) is 17.4 Å². The van der Waals surface area contributed by atoms with Crippen LogP contribution in [-0.2, 0) is 13.0 Å². The summed E-state index contributed by atoms with van der Waals surface area (Å²) < 4.78 is 1.80. The van der Waals surface area contributed by atoms with Gasteiger partial charge in [-0.1, -0.05) is 43.3 Å². The number of ketones is 1. The highest BCUT2D eigenvalue weighted by Crippen LogP contribution is 2.24. The molecule has 3 nitrogen and oxygen atoms in total. The van der Waals surface area contributed by atoms with Gasteiger partial charge in [-0.15, -0.1) is 0 Å². The third-order valence-corrected chi connectivity index (χ3v) is 3.58. The minimum atomic E-state index is 0.113. The van der Waals surface area contributed by atoms with Crippen molar-refractivity contribution in [2.24, 2.45) is 0 Å². The second-order valence-corrected chi connectivity index (χ2v) is 4.83. The van der Waals surface area contributed by atoms with E-state index in [1.165, 1.54) is 10.9 Å². The van der Waals surface area contributed by atoms with E-state index in [4.69, 9.17) is 0 Å². The highest BCUT2D eigenvalue weighted by molar-refractivity contribution is 6.08. The van der Waals surface area contributed by atoms with Crippen LogP contribution >= 0.6 is 0 Å². The summed E-state index contributed by atoms with van der Waals surface area (Å²) in [5, 5.41) is 2.21. The number of carbonyl (C=O) groups is 1. The maximum atomic E-state index is 12.5. The van der Waals surface area contributed by atoms with Crippen LogP contribution in [0.4, 0.5) is 0 Å². The Morgan fingerprint density at radius 2 is 1.95 bits per heavy atom. The quantitative estimate of drug-likeness (QED) is 0.676. The van der Waals surface area contributed by atoms with Crippen molar-refractivity contribution in [1.82, 2.24) is 9.55 Å². The molecule has 0 radical (unpaired) electrons. The van der Waals surface area contributed by atoms with E-state index in [1.807, 2.05) is 24.3 Å². The lowest BCUT2D eigenvalue weighted by atomic mass is 9.96. The molecule has 0 unspecified atom stereocenters. The Hall–Kier alpha value is -2.42. The van der Waals surface area contributed by atoms with Gasteiger partial charge in [0.05, 0.1) is 12.9 Å². The number of nitrogens with zero attached hydrogens (tertiary/aromatic N) is 2. The monoisotopic (exact) mass is 264 g/mol. The molecule has 1 heterocycles. The number of rotatable bonds is 4. The Morgan fingerprint density at radius 3 is 2.65 bits per heavy atom. The fraction of sp³-hybridized carbons (Fsp3) is 0.176. The second-order valence-electron chi connectivity index (χ2n) is 4.83. The minimum Gasteiger partial charge on any atom is -0.330 e. The number of carbonyl (C=O) groups excluding carboxylic acids is 1. The Labute approximate surface area is 117 Å². The fourth-order valence-corrected chi connectivity index (χ4v) is 2.54. The zero-order valence-electron chi connectivity index (χ0n) is 11.4. The normalized spacial score (nSPS) is 10.8. The molecule has 3 rings (SSSR count). The molecule has 0 aliphatic rings. The number of hydrogen-bond acceptors (Lipinski definition) is 2. The van der Waals surface area contributed by atoms with E-state index in [0.29, 0.717) is 6.54 Å². The van der Waals surface area contributed by atoms with Gasteiger partial charge in [0.2, 0.25) is 0 Å². The third-order valence-electron chi connectivity index (χ3n) is 3.58. The van der Waals surface area contributed by atoms with Gasteiger partial charge in [0, 0.05) is 18.0 Å². The van der Waals surface area contributed by atoms with Crippen LogP contribution < -0.4 is 0 Å².